The Hall–Kier alpha value is -1.53. The zero-order valence-electron chi connectivity index (χ0n) is 12.1. The molecule has 0 N–H and O–H groups in total. The van der Waals surface area contributed by atoms with Gasteiger partial charge in [-0.05, 0) is 37.2 Å². The smallest absolute Gasteiger partial charge is 0.126 e. The quantitative estimate of drug-likeness (QED) is 0.822. The van der Waals surface area contributed by atoms with E-state index < -0.39 is 0 Å². The Bertz CT molecular complexity index is 453. The molecule has 1 aromatic carbocycles. The minimum absolute atomic E-state index is 0.0628. The second-order valence-electron chi connectivity index (χ2n) is 5.70. The van der Waals surface area contributed by atoms with Crippen LogP contribution in [0, 0.1) is 11.3 Å². The van der Waals surface area contributed by atoms with Gasteiger partial charge in [-0.15, -0.1) is 0 Å². The summed E-state index contributed by atoms with van der Waals surface area (Å²) in [7, 11) is 5.44. The Morgan fingerprint density at radius 1 is 1.28 bits per heavy atom. The molecule has 0 aliphatic carbocycles. The van der Waals surface area contributed by atoms with Crippen LogP contribution < -0.4 is 4.74 Å². The number of rotatable bonds is 3. The van der Waals surface area contributed by atoms with Gasteiger partial charge in [-0.25, -0.2) is 0 Å². The molecule has 3 heteroatoms. The Kier molecular flexibility index (Phi) is 4.37. The zero-order valence-corrected chi connectivity index (χ0v) is 12.1. The van der Waals surface area contributed by atoms with Gasteiger partial charge in [-0.2, -0.15) is 5.26 Å². The summed E-state index contributed by atoms with van der Waals surface area (Å²) in [6, 6.07) is 8.11. The van der Waals surface area contributed by atoms with Crippen molar-refractivity contribution in [2.75, 3.05) is 21.2 Å². The average Bonchev–Trinajstić information content (AvgIpc) is 2.28. The molecular weight excluding hydrogens is 224 g/mol. The van der Waals surface area contributed by atoms with E-state index >= 15 is 0 Å². The first-order valence-electron chi connectivity index (χ1n) is 6.05. The highest BCUT2D eigenvalue weighted by Crippen LogP contribution is 2.32. The summed E-state index contributed by atoms with van der Waals surface area (Å²) in [5.41, 5.74) is 2.20. The van der Waals surface area contributed by atoms with Crippen LogP contribution in [-0.4, -0.2) is 26.1 Å². The minimum Gasteiger partial charge on any atom is -0.496 e. The molecule has 0 saturated carbocycles. The van der Waals surface area contributed by atoms with Crippen LogP contribution in [0.15, 0.2) is 18.2 Å². The van der Waals surface area contributed by atoms with Crippen LogP contribution in [0.3, 0.4) is 0 Å². The van der Waals surface area contributed by atoms with Crippen molar-refractivity contribution in [1.29, 1.82) is 5.26 Å². The van der Waals surface area contributed by atoms with Gasteiger partial charge in [0, 0.05) is 5.56 Å². The van der Waals surface area contributed by atoms with E-state index in [-0.39, 0.29) is 11.5 Å². The molecule has 0 spiro atoms. The maximum absolute atomic E-state index is 9.32. The first-order chi connectivity index (χ1) is 8.31. The zero-order chi connectivity index (χ0) is 13.9. The molecule has 0 heterocycles. The summed E-state index contributed by atoms with van der Waals surface area (Å²) in [6.07, 6.45) is 0. The fourth-order valence-corrected chi connectivity index (χ4v) is 1.88. The third-order valence-corrected chi connectivity index (χ3v) is 3.03. The van der Waals surface area contributed by atoms with Crippen molar-refractivity contribution in [2.24, 2.45) is 0 Å². The van der Waals surface area contributed by atoms with Crippen molar-refractivity contribution in [3.05, 3.63) is 29.3 Å². The van der Waals surface area contributed by atoms with E-state index in [1.54, 1.807) is 7.11 Å². The number of hydrogen-bond acceptors (Lipinski definition) is 3. The van der Waals surface area contributed by atoms with E-state index in [2.05, 4.69) is 39.0 Å². The number of ether oxygens (including phenoxy) is 1. The Labute approximate surface area is 110 Å². The van der Waals surface area contributed by atoms with Crippen LogP contribution in [0.4, 0.5) is 0 Å². The van der Waals surface area contributed by atoms with Gasteiger partial charge >= 0.3 is 0 Å². The predicted molar refractivity (Wildman–Crippen MR) is 73.7 cm³/mol. The standard InChI is InChI=1S/C15H22N2O/c1-15(2,3)11-7-8-14(18-6)12(9-11)13(10-16)17(4)5/h7-9,13H,1-6H3. The Morgan fingerprint density at radius 3 is 2.28 bits per heavy atom. The normalized spacial score (nSPS) is 13.2. The average molecular weight is 246 g/mol. The fraction of sp³-hybridized carbons (Fsp3) is 0.533. The highest BCUT2D eigenvalue weighted by atomic mass is 16.5. The highest BCUT2D eigenvalue weighted by Gasteiger charge is 2.21. The summed E-state index contributed by atoms with van der Waals surface area (Å²) >= 11 is 0. The summed E-state index contributed by atoms with van der Waals surface area (Å²) in [4.78, 5) is 1.89. The van der Waals surface area contributed by atoms with E-state index in [0.717, 1.165) is 11.3 Å². The van der Waals surface area contributed by atoms with Crippen molar-refractivity contribution in [2.45, 2.75) is 32.2 Å². The van der Waals surface area contributed by atoms with Gasteiger partial charge in [-0.1, -0.05) is 26.8 Å². The van der Waals surface area contributed by atoms with Crippen molar-refractivity contribution in [3.63, 3.8) is 0 Å². The summed E-state index contributed by atoms with van der Waals surface area (Å²) < 4.78 is 5.37. The fourth-order valence-electron chi connectivity index (χ4n) is 1.88. The van der Waals surface area contributed by atoms with Crippen LogP contribution in [-0.2, 0) is 5.41 Å². The molecule has 0 aliphatic heterocycles. The molecule has 1 unspecified atom stereocenters. The molecule has 0 saturated heterocycles. The first-order valence-corrected chi connectivity index (χ1v) is 6.05. The number of nitriles is 1. The van der Waals surface area contributed by atoms with Gasteiger partial charge in [0.05, 0.1) is 13.2 Å². The van der Waals surface area contributed by atoms with Gasteiger partial charge in [-0.3, -0.25) is 4.90 Å². The molecule has 1 aromatic rings. The third-order valence-electron chi connectivity index (χ3n) is 3.03. The second-order valence-corrected chi connectivity index (χ2v) is 5.70. The Morgan fingerprint density at radius 2 is 1.89 bits per heavy atom. The molecule has 18 heavy (non-hydrogen) atoms. The molecule has 0 aromatic heterocycles. The molecule has 1 atom stereocenters. The lowest BCUT2D eigenvalue weighted by Gasteiger charge is -2.24. The highest BCUT2D eigenvalue weighted by molar-refractivity contribution is 5.43. The lowest BCUT2D eigenvalue weighted by Crippen LogP contribution is -2.20. The monoisotopic (exact) mass is 246 g/mol. The van der Waals surface area contributed by atoms with E-state index in [1.807, 2.05) is 25.1 Å². The SMILES string of the molecule is COc1ccc(C(C)(C)C)cc1C(C#N)N(C)C. The second kappa shape index (κ2) is 5.41. The maximum Gasteiger partial charge on any atom is 0.126 e. The minimum atomic E-state index is -0.290. The molecule has 3 nitrogen and oxygen atoms in total. The largest absolute Gasteiger partial charge is 0.496 e. The summed E-state index contributed by atoms with van der Waals surface area (Å²) in [6.45, 7) is 6.49. The van der Waals surface area contributed by atoms with Crippen molar-refractivity contribution in [1.82, 2.24) is 4.90 Å². The molecule has 0 aliphatic rings. The summed E-state index contributed by atoms with van der Waals surface area (Å²) in [5, 5.41) is 9.32. The molecule has 0 amide bonds. The van der Waals surface area contributed by atoms with Gasteiger partial charge < -0.3 is 4.74 Å². The van der Waals surface area contributed by atoms with E-state index in [1.165, 1.54) is 5.56 Å². The van der Waals surface area contributed by atoms with Crippen LogP contribution >= 0.6 is 0 Å². The van der Waals surface area contributed by atoms with Gasteiger partial charge in [0.25, 0.3) is 0 Å². The molecule has 0 bridgehead atoms. The van der Waals surface area contributed by atoms with Crippen molar-refractivity contribution in [3.8, 4) is 11.8 Å². The molecule has 0 radical (unpaired) electrons. The van der Waals surface area contributed by atoms with Crippen LogP contribution in [0.1, 0.15) is 37.9 Å². The predicted octanol–water partition coefficient (Wildman–Crippen LogP) is 3.12. The number of nitrogens with zero attached hydrogens (tertiary/aromatic N) is 2. The van der Waals surface area contributed by atoms with Crippen LogP contribution in [0.2, 0.25) is 0 Å². The lowest BCUT2D eigenvalue weighted by molar-refractivity contribution is 0.339. The lowest BCUT2D eigenvalue weighted by atomic mass is 9.85. The van der Waals surface area contributed by atoms with E-state index in [9.17, 15) is 5.26 Å². The molecule has 0 fully saturated rings. The van der Waals surface area contributed by atoms with Crippen LogP contribution in [0.25, 0.3) is 0 Å². The Balaban J connectivity index is 3.35. The number of methoxy groups -OCH3 is 1. The van der Waals surface area contributed by atoms with E-state index in [0.29, 0.717) is 0 Å². The van der Waals surface area contributed by atoms with Crippen molar-refractivity contribution >= 4 is 0 Å². The van der Waals surface area contributed by atoms with Gasteiger partial charge in [0.15, 0.2) is 0 Å². The third kappa shape index (κ3) is 3.02. The number of benzene rings is 1. The van der Waals surface area contributed by atoms with E-state index in [4.69, 9.17) is 4.74 Å². The first kappa shape index (κ1) is 14.5. The van der Waals surface area contributed by atoms with Gasteiger partial charge in [0.2, 0.25) is 0 Å². The molecule has 1 rings (SSSR count). The van der Waals surface area contributed by atoms with Gasteiger partial charge in [0.1, 0.15) is 11.8 Å². The van der Waals surface area contributed by atoms with Crippen molar-refractivity contribution < 1.29 is 4.74 Å². The maximum atomic E-state index is 9.32. The summed E-state index contributed by atoms with van der Waals surface area (Å²) in [5.74, 6) is 0.767. The molecular formula is C15H22N2O. The topological polar surface area (TPSA) is 36.3 Å². The number of hydrogen-bond donors (Lipinski definition) is 0. The molecule has 98 valence electrons. The van der Waals surface area contributed by atoms with Crippen LogP contribution in [0.5, 0.6) is 5.75 Å².